The minimum absolute atomic E-state index is 0.198. The van der Waals surface area contributed by atoms with Crippen LogP contribution in [-0.2, 0) is 6.54 Å². The number of hydrogen-bond donors (Lipinski definition) is 2. The van der Waals surface area contributed by atoms with Crippen LogP contribution in [0.4, 0.5) is 14.5 Å². The minimum Gasteiger partial charge on any atom is -0.478 e. The molecule has 2 N–H and O–H groups in total. The van der Waals surface area contributed by atoms with Crippen molar-refractivity contribution in [1.82, 2.24) is 0 Å². The minimum atomic E-state index is -2.50. The zero-order valence-corrected chi connectivity index (χ0v) is 11.7. The first-order valence-corrected chi connectivity index (χ1v) is 7.05. The van der Waals surface area contributed by atoms with Crippen molar-refractivity contribution in [2.75, 3.05) is 5.32 Å². The first-order valence-electron chi connectivity index (χ1n) is 6.17. The van der Waals surface area contributed by atoms with Crippen molar-refractivity contribution < 1.29 is 18.7 Å². The monoisotopic (exact) mass is 309 g/mol. The van der Waals surface area contributed by atoms with E-state index in [2.05, 4.69) is 5.32 Å². The number of thioether (sulfide) groups is 1. The molecule has 0 aliphatic carbocycles. The lowest BCUT2D eigenvalue weighted by Gasteiger charge is -2.12. The smallest absolute Gasteiger partial charge is 0.336 e. The fraction of sp³-hybridized carbons (Fsp3) is 0.133. The van der Waals surface area contributed by atoms with Crippen LogP contribution in [0.15, 0.2) is 53.4 Å². The molecule has 0 aliphatic rings. The van der Waals surface area contributed by atoms with Crippen LogP contribution >= 0.6 is 11.8 Å². The average molecular weight is 309 g/mol. The second-order valence-corrected chi connectivity index (χ2v) is 5.22. The van der Waals surface area contributed by atoms with Crippen LogP contribution in [0.1, 0.15) is 15.9 Å². The van der Waals surface area contributed by atoms with Gasteiger partial charge in [0.2, 0.25) is 0 Å². The Morgan fingerprint density at radius 1 is 1.14 bits per heavy atom. The number of carboxylic acids is 1. The van der Waals surface area contributed by atoms with E-state index in [1.165, 1.54) is 6.07 Å². The van der Waals surface area contributed by atoms with Gasteiger partial charge in [0.25, 0.3) is 5.76 Å². The SMILES string of the molecule is O=C(O)c1ccccc1CNc1ccccc1SC(F)F. The molecule has 3 nitrogen and oxygen atoms in total. The van der Waals surface area contributed by atoms with Crippen molar-refractivity contribution in [3.8, 4) is 0 Å². The molecule has 0 saturated carbocycles. The lowest BCUT2D eigenvalue weighted by atomic mass is 10.1. The third kappa shape index (κ3) is 4.19. The molecule has 0 aromatic heterocycles. The summed E-state index contributed by atoms with van der Waals surface area (Å²) in [7, 11) is 0. The number of nitrogens with one attached hydrogen (secondary N) is 1. The Labute approximate surface area is 125 Å². The van der Waals surface area contributed by atoms with E-state index >= 15 is 0 Å². The van der Waals surface area contributed by atoms with Crippen molar-refractivity contribution >= 4 is 23.4 Å². The molecule has 0 aliphatic heterocycles. The summed E-state index contributed by atoms with van der Waals surface area (Å²) in [5, 5.41) is 12.1. The standard InChI is InChI=1S/C15H13F2NO2S/c16-15(17)21-13-8-4-3-7-12(13)18-9-10-5-1-2-6-11(10)14(19)20/h1-8,15,18H,9H2,(H,19,20). The second-order valence-electron chi connectivity index (χ2n) is 4.19. The second kappa shape index (κ2) is 7.08. The van der Waals surface area contributed by atoms with Crippen LogP contribution < -0.4 is 5.32 Å². The van der Waals surface area contributed by atoms with Gasteiger partial charge in [-0.1, -0.05) is 42.1 Å². The lowest BCUT2D eigenvalue weighted by Crippen LogP contribution is -2.07. The molecule has 0 heterocycles. The van der Waals surface area contributed by atoms with Crippen LogP contribution in [0.5, 0.6) is 0 Å². The zero-order chi connectivity index (χ0) is 15.2. The third-order valence-electron chi connectivity index (χ3n) is 2.82. The van der Waals surface area contributed by atoms with E-state index in [4.69, 9.17) is 5.11 Å². The van der Waals surface area contributed by atoms with Crippen LogP contribution in [0, 0.1) is 0 Å². The molecule has 6 heteroatoms. The summed E-state index contributed by atoms with van der Waals surface area (Å²) in [5.74, 6) is -3.51. The van der Waals surface area contributed by atoms with E-state index in [9.17, 15) is 13.6 Å². The molecular formula is C15H13F2NO2S. The van der Waals surface area contributed by atoms with Crippen LogP contribution in [0.3, 0.4) is 0 Å². The maximum Gasteiger partial charge on any atom is 0.336 e. The number of halogens is 2. The van der Waals surface area contributed by atoms with Crippen molar-refractivity contribution in [2.24, 2.45) is 0 Å². The Morgan fingerprint density at radius 2 is 1.81 bits per heavy atom. The van der Waals surface area contributed by atoms with Gasteiger partial charge in [-0.15, -0.1) is 0 Å². The largest absolute Gasteiger partial charge is 0.478 e. The predicted octanol–water partition coefficient (Wildman–Crippen LogP) is 4.31. The Morgan fingerprint density at radius 3 is 2.52 bits per heavy atom. The number of para-hydroxylation sites is 1. The molecule has 0 fully saturated rings. The number of hydrogen-bond acceptors (Lipinski definition) is 3. The number of rotatable bonds is 6. The number of carbonyl (C=O) groups is 1. The maximum absolute atomic E-state index is 12.5. The summed E-state index contributed by atoms with van der Waals surface area (Å²) >= 11 is 0.459. The molecular weight excluding hydrogens is 296 g/mol. The molecule has 0 unspecified atom stereocenters. The average Bonchev–Trinajstić information content (AvgIpc) is 2.46. The molecule has 2 aromatic rings. The summed E-state index contributed by atoms with van der Waals surface area (Å²) in [6.45, 7) is 0.253. The first kappa shape index (κ1) is 15.3. The van der Waals surface area contributed by atoms with Crippen molar-refractivity contribution in [1.29, 1.82) is 0 Å². The summed E-state index contributed by atoms with van der Waals surface area (Å²) in [4.78, 5) is 11.5. The molecule has 2 rings (SSSR count). The zero-order valence-electron chi connectivity index (χ0n) is 10.9. The van der Waals surface area contributed by atoms with E-state index in [0.29, 0.717) is 27.9 Å². The van der Waals surface area contributed by atoms with E-state index in [-0.39, 0.29) is 12.1 Å². The highest BCUT2D eigenvalue weighted by Gasteiger charge is 2.11. The Balaban J connectivity index is 2.15. The first-order chi connectivity index (χ1) is 10.1. The van der Waals surface area contributed by atoms with Crippen LogP contribution in [0.2, 0.25) is 0 Å². The van der Waals surface area contributed by atoms with E-state index in [0.717, 1.165) is 0 Å². The highest BCUT2D eigenvalue weighted by Crippen LogP contribution is 2.31. The van der Waals surface area contributed by atoms with E-state index in [1.54, 1.807) is 42.5 Å². The van der Waals surface area contributed by atoms with Gasteiger partial charge in [0.15, 0.2) is 0 Å². The quantitative estimate of drug-likeness (QED) is 0.781. The molecule has 0 radical (unpaired) electrons. The third-order valence-corrected chi connectivity index (χ3v) is 3.61. The fourth-order valence-electron chi connectivity index (χ4n) is 1.88. The Bertz CT molecular complexity index is 635. The van der Waals surface area contributed by atoms with Gasteiger partial charge in [-0.2, -0.15) is 8.78 Å². The van der Waals surface area contributed by atoms with Gasteiger partial charge < -0.3 is 10.4 Å². The van der Waals surface area contributed by atoms with Crippen LogP contribution in [0.25, 0.3) is 0 Å². The molecule has 0 saturated heterocycles. The van der Waals surface area contributed by atoms with Crippen LogP contribution in [-0.4, -0.2) is 16.8 Å². The predicted molar refractivity (Wildman–Crippen MR) is 79.0 cm³/mol. The molecule has 0 atom stereocenters. The van der Waals surface area contributed by atoms with Gasteiger partial charge in [0.05, 0.1) is 5.56 Å². The van der Waals surface area contributed by atoms with E-state index < -0.39 is 11.7 Å². The normalized spacial score (nSPS) is 10.6. The highest BCUT2D eigenvalue weighted by molar-refractivity contribution is 7.99. The summed E-state index contributed by atoms with van der Waals surface area (Å²) < 4.78 is 25.0. The highest BCUT2D eigenvalue weighted by atomic mass is 32.2. The van der Waals surface area contributed by atoms with Gasteiger partial charge in [-0.25, -0.2) is 4.79 Å². The summed E-state index contributed by atoms with van der Waals surface area (Å²) in [6.07, 6.45) is 0. The maximum atomic E-state index is 12.5. The van der Waals surface area contributed by atoms with Crippen molar-refractivity contribution in [3.63, 3.8) is 0 Å². The number of aromatic carboxylic acids is 1. The van der Waals surface area contributed by atoms with Gasteiger partial charge in [-0.3, -0.25) is 0 Å². The lowest BCUT2D eigenvalue weighted by molar-refractivity contribution is 0.0696. The van der Waals surface area contributed by atoms with Crippen molar-refractivity contribution in [2.45, 2.75) is 17.2 Å². The van der Waals surface area contributed by atoms with Gasteiger partial charge in [-0.05, 0) is 23.8 Å². The summed E-state index contributed by atoms with van der Waals surface area (Å²) in [6, 6.07) is 13.3. The van der Waals surface area contributed by atoms with Gasteiger partial charge >= 0.3 is 5.97 Å². The van der Waals surface area contributed by atoms with Crippen molar-refractivity contribution in [3.05, 3.63) is 59.7 Å². The Kier molecular flexibility index (Phi) is 5.16. The molecule has 0 bridgehead atoms. The number of anilines is 1. The molecule has 2 aromatic carbocycles. The number of benzene rings is 2. The van der Waals surface area contributed by atoms with E-state index in [1.807, 2.05) is 0 Å². The number of carboxylic acid groups (broad SMARTS) is 1. The number of alkyl halides is 2. The molecule has 21 heavy (non-hydrogen) atoms. The molecule has 0 amide bonds. The van der Waals surface area contributed by atoms with Gasteiger partial charge in [0, 0.05) is 17.1 Å². The fourth-order valence-corrected chi connectivity index (χ4v) is 2.50. The Hall–Kier alpha value is -2.08. The summed E-state index contributed by atoms with van der Waals surface area (Å²) in [5.41, 5.74) is 1.36. The molecule has 0 spiro atoms. The molecule has 110 valence electrons. The topological polar surface area (TPSA) is 49.3 Å². The van der Waals surface area contributed by atoms with Gasteiger partial charge in [0.1, 0.15) is 0 Å².